The van der Waals surface area contributed by atoms with Crippen LogP contribution in [0.4, 0.5) is 0 Å². The summed E-state index contributed by atoms with van der Waals surface area (Å²) >= 11 is 12.1. The summed E-state index contributed by atoms with van der Waals surface area (Å²) in [4.78, 5) is 14.7. The van der Waals surface area contributed by atoms with Crippen LogP contribution in [0.3, 0.4) is 0 Å². The average Bonchev–Trinajstić information content (AvgIpc) is 2.71. The zero-order chi connectivity index (χ0) is 19.9. The van der Waals surface area contributed by atoms with Gasteiger partial charge in [-0.3, -0.25) is 9.69 Å². The molecule has 1 saturated heterocycles. The van der Waals surface area contributed by atoms with Crippen LogP contribution in [0.15, 0.2) is 42.5 Å². The molecule has 0 aromatic heterocycles. The maximum Gasteiger partial charge on any atom is 0.258 e. The third-order valence-electron chi connectivity index (χ3n) is 4.81. The molecule has 0 aliphatic carbocycles. The summed E-state index contributed by atoms with van der Waals surface area (Å²) in [6.45, 7) is 5.31. The first kappa shape index (κ1) is 20.9. The van der Waals surface area contributed by atoms with Crippen molar-refractivity contribution in [3.05, 3.63) is 63.6 Å². The fourth-order valence-corrected chi connectivity index (χ4v) is 3.47. The molecule has 1 unspecified atom stereocenters. The molecule has 150 valence electrons. The molecule has 0 saturated carbocycles. The molecule has 7 heteroatoms. The van der Waals surface area contributed by atoms with E-state index in [-0.39, 0.29) is 18.6 Å². The predicted molar refractivity (Wildman–Crippen MR) is 111 cm³/mol. The second kappa shape index (κ2) is 10.1. The van der Waals surface area contributed by atoms with E-state index in [0.29, 0.717) is 35.6 Å². The van der Waals surface area contributed by atoms with Crippen LogP contribution in [0.2, 0.25) is 10.0 Å². The minimum absolute atomic E-state index is 0.0537. The summed E-state index contributed by atoms with van der Waals surface area (Å²) < 4.78 is 11.1. The fraction of sp³-hybridized carbons (Fsp3) is 0.381. The number of rotatable bonds is 7. The minimum atomic E-state index is -0.174. The number of halogens is 2. The summed E-state index contributed by atoms with van der Waals surface area (Å²) in [6, 6.07) is 13.2. The van der Waals surface area contributed by atoms with Crippen molar-refractivity contribution in [2.24, 2.45) is 0 Å². The number of benzene rings is 2. The third kappa shape index (κ3) is 5.61. The predicted octanol–water partition coefficient (Wildman–Crippen LogP) is 3.87. The smallest absolute Gasteiger partial charge is 0.258 e. The minimum Gasteiger partial charge on any atom is -0.483 e. The highest BCUT2D eigenvalue weighted by Gasteiger charge is 2.23. The number of nitrogens with zero attached hydrogens (tertiary/aromatic N) is 1. The summed E-state index contributed by atoms with van der Waals surface area (Å²) in [5.74, 6) is 0.441. The van der Waals surface area contributed by atoms with Gasteiger partial charge in [0.15, 0.2) is 6.61 Å². The Morgan fingerprint density at radius 3 is 2.61 bits per heavy atom. The van der Waals surface area contributed by atoms with Crippen molar-refractivity contribution in [1.82, 2.24) is 10.2 Å². The molecule has 2 aromatic carbocycles. The monoisotopic (exact) mass is 422 g/mol. The number of hydrogen-bond acceptors (Lipinski definition) is 4. The largest absolute Gasteiger partial charge is 0.483 e. The van der Waals surface area contributed by atoms with E-state index in [0.717, 1.165) is 24.2 Å². The molecule has 1 N–H and O–H groups in total. The van der Waals surface area contributed by atoms with E-state index in [1.807, 2.05) is 31.2 Å². The molecular formula is C21H24Cl2N2O3. The molecule has 0 bridgehead atoms. The Morgan fingerprint density at radius 1 is 1.18 bits per heavy atom. The van der Waals surface area contributed by atoms with Crippen LogP contribution >= 0.6 is 23.2 Å². The Hall–Kier alpha value is -1.79. The van der Waals surface area contributed by atoms with Gasteiger partial charge >= 0.3 is 0 Å². The molecule has 1 fully saturated rings. The van der Waals surface area contributed by atoms with Gasteiger partial charge in [-0.05, 0) is 36.8 Å². The number of carbonyl (C=O) groups excluding carboxylic acids is 1. The van der Waals surface area contributed by atoms with Gasteiger partial charge in [0.2, 0.25) is 0 Å². The Labute approximate surface area is 175 Å². The van der Waals surface area contributed by atoms with E-state index in [9.17, 15) is 4.79 Å². The van der Waals surface area contributed by atoms with Crippen LogP contribution in [0.25, 0.3) is 0 Å². The molecule has 0 spiro atoms. The second-order valence-corrected chi connectivity index (χ2v) is 7.52. The van der Waals surface area contributed by atoms with E-state index in [1.54, 1.807) is 18.2 Å². The normalized spacial score (nSPS) is 15.8. The maximum absolute atomic E-state index is 12.4. The van der Waals surface area contributed by atoms with Gasteiger partial charge < -0.3 is 14.8 Å². The van der Waals surface area contributed by atoms with Crippen LogP contribution in [-0.2, 0) is 9.53 Å². The molecule has 28 heavy (non-hydrogen) atoms. The fourth-order valence-electron chi connectivity index (χ4n) is 3.18. The van der Waals surface area contributed by atoms with Gasteiger partial charge in [-0.15, -0.1) is 0 Å². The number of morpholine rings is 1. The van der Waals surface area contributed by atoms with E-state index in [2.05, 4.69) is 10.2 Å². The molecule has 1 heterocycles. The van der Waals surface area contributed by atoms with Crippen LogP contribution in [0.5, 0.6) is 5.75 Å². The lowest BCUT2D eigenvalue weighted by Gasteiger charge is -2.35. The van der Waals surface area contributed by atoms with Crippen molar-refractivity contribution in [3.63, 3.8) is 0 Å². The lowest BCUT2D eigenvalue weighted by atomic mass is 10.0. The topological polar surface area (TPSA) is 50.8 Å². The molecule has 3 rings (SSSR count). The van der Waals surface area contributed by atoms with Gasteiger partial charge in [-0.1, -0.05) is 41.4 Å². The molecule has 0 radical (unpaired) electrons. The van der Waals surface area contributed by atoms with E-state index < -0.39 is 0 Å². The van der Waals surface area contributed by atoms with Crippen LogP contribution in [-0.4, -0.2) is 50.3 Å². The Balaban J connectivity index is 1.60. The van der Waals surface area contributed by atoms with Crippen molar-refractivity contribution in [3.8, 4) is 5.75 Å². The Kier molecular flexibility index (Phi) is 7.57. The number of hydrogen-bond donors (Lipinski definition) is 1. The van der Waals surface area contributed by atoms with Gasteiger partial charge in [-0.25, -0.2) is 0 Å². The zero-order valence-electron chi connectivity index (χ0n) is 15.8. The number of nitrogens with one attached hydrogen (secondary N) is 1. The summed E-state index contributed by atoms with van der Waals surface area (Å²) in [6.07, 6.45) is 0. The van der Waals surface area contributed by atoms with Crippen molar-refractivity contribution in [2.45, 2.75) is 13.0 Å². The molecule has 1 atom stereocenters. The van der Waals surface area contributed by atoms with E-state index in [1.165, 1.54) is 0 Å². The van der Waals surface area contributed by atoms with Crippen LogP contribution in [0, 0.1) is 6.92 Å². The van der Waals surface area contributed by atoms with Crippen LogP contribution in [0.1, 0.15) is 17.2 Å². The standard InChI is InChI=1S/C21H24Cl2N2O3/c1-15-18(23)3-2-4-20(15)28-14-21(26)24-13-19(25-9-11-27-12-10-25)16-5-7-17(22)8-6-16/h2-8,19H,9-14H2,1H3,(H,24,26). The second-order valence-electron chi connectivity index (χ2n) is 6.67. The van der Waals surface area contributed by atoms with Crippen LogP contribution < -0.4 is 10.1 Å². The van der Waals surface area contributed by atoms with Gasteiger partial charge in [0, 0.05) is 35.2 Å². The van der Waals surface area contributed by atoms with Gasteiger partial charge in [-0.2, -0.15) is 0 Å². The first-order chi connectivity index (χ1) is 13.5. The number of ether oxygens (including phenoxy) is 2. The number of carbonyl (C=O) groups is 1. The summed E-state index contributed by atoms with van der Waals surface area (Å²) in [5, 5.41) is 4.30. The molecule has 2 aromatic rings. The van der Waals surface area contributed by atoms with Crippen molar-refractivity contribution in [2.75, 3.05) is 39.5 Å². The number of amides is 1. The molecule has 1 aliphatic heterocycles. The highest BCUT2D eigenvalue weighted by molar-refractivity contribution is 6.31. The highest BCUT2D eigenvalue weighted by Crippen LogP contribution is 2.25. The summed E-state index contributed by atoms with van der Waals surface area (Å²) in [5.41, 5.74) is 1.93. The first-order valence-corrected chi connectivity index (χ1v) is 10.0. The molecular weight excluding hydrogens is 399 g/mol. The van der Waals surface area contributed by atoms with Crippen molar-refractivity contribution >= 4 is 29.1 Å². The first-order valence-electron chi connectivity index (χ1n) is 9.26. The average molecular weight is 423 g/mol. The molecule has 1 aliphatic rings. The van der Waals surface area contributed by atoms with Crippen molar-refractivity contribution in [1.29, 1.82) is 0 Å². The van der Waals surface area contributed by atoms with Gasteiger partial charge in [0.25, 0.3) is 5.91 Å². The highest BCUT2D eigenvalue weighted by atomic mass is 35.5. The van der Waals surface area contributed by atoms with Gasteiger partial charge in [0.05, 0.1) is 19.3 Å². The molecule has 5 nitrogen and oxygen atoms in total. The quantitative estimate of drug-likeness (QED) is 0.735. The Morgan fingerprint density at radius 2 is 1.89 bits per heavy atom. The SMILES string of the molecule is Cc1c(Cl)cccc1OCC(=O)NCC(c1ccc(Cl)cc1)N1CCOCC1. The Bertz CT molecular complexity index is 793. The zero-order valence-corrected chi connectivity index (χ0v) is 17.3. The lowest BCUT2D eigenvalue weighted by molar-refractivity contribution is -0.123. The van der Waals surface area contributed by atoms with Gasteiger partial charge in [0.1, 0.15) is 5.75 Å². The third-order valence-corrected chi connectivity index (χ3v) is 5.47. The lowest BCUT2D eigenvalue weighted by Crippen LogP contribution is -2.44. The molecule has 1 amide bonds. The van der Waals surface area contributed by atoms with E-state index >= 15 is 0 Å². The van der Waals surface area contributed by atoms with E-state index in [4.69, 9.17) is 32.7 Å². The van der Waals surface area contributed by atoms with Crippen molar-refractivity contribution < 1.29 is 14.3 Å². The maximum atomic E-state index is 12.4. The summed E-state index contributed by atoms with van der Waals surface area (Å²) in [7, 11) is 0.